The number of aromatic nitrogens is 1. The minimum absolute atomic E-state index is 0.0966. The molecule has 158 valence electrons. The second kappa shape index (κ2) is 9.09. The lowest BCUT2D eigenvalue weighted by Gasteiger charge is -2.23. The Hall–Kier alpha value is -3.19. The largest absolute Gasteiger partial charge is 0.465 e. The number of hydrogen-bond acceptors (Lipinski definition) is 4. The number of esters is 1. The highest BCUT2D eigenvalue weighted by molar-refractivity contribution is 5.82. The van der Waals surface area contributed by atoms with Crippen molar-refractivity contribution in [3.8, 4) is 0 Å². The van der Waals surface area contributed by atoms with Crippen LogP contribution in [-0.2, 0) is 22.5 Å². The average Bonchev–Trinajstić information content (AvgIpc) is 3.09. The molecule has 0 aliphatic heterocycles. The van der Waals surface area contributed by atoms with Crippen LogP contribution in [0.1, 0.15) is 18.4 Å². The van der Waals surface area contributed by atoms with Crippen LogP contribution in [0.15, 0.2) is 54.7 Å². The van der Waals surface area contributed by atoms with Crippen LogP contribution in [0.25, 0.3) is 10.9 Å². The number of rotatable bonds is 9. The zero-order valence-electron chi connectivity index (χ0n) is 17.7. The Balaban J connectivity index is 1.41. The molecule has 0 spiro atoms. The number of carbonyl (C=O) groups is 1. The SMILES string of the molecule is C[N+](C)(C)c1ccc(CC(=O)OCCCCn2ccc3cc([N+](=O)[O-])ccc32)cc1. The molecule has 30 heavy (non-hydrogen) atoms. The molecule has 0 amide bonds. The molecule has 3 aromatic rings. The first-order valence-corrected chi connectivity index (χ1v) is 10.0. The second-order valence-corrected chi connectivity index (χ2v) is 8.29. The molecule has 0 fully saturated rings. The van der Waals surface area contributed by atoms with Crippen LogP contribution in [0.5, 0.6) is 0 Å². The molecule has 0 N–H and O–H groups in total. The summed E-state index contributed by atoms with van der Waals surface area (Å²) in [5.41, 5.74) is 3.19. The number of ether oxygens (including phenoxy) is 1. The van der Waals surface area contributed by atoms with Crippen molar-refractivity contribution < 1.29 is 14.5 Å². The normalized spacial score (nSPS) is 11.6. The molecule has 2 aromatic carbocycles. The van der Waals surface area contributed by atoms with Crippen molar-refractivity contribution in [3.05, 3.63) is 70.4 Å². The van der Waals surface area contributed by atoms with E-state index in [9.17, 15) is 14.9 Å². The lowest BCUT2D eigenvalue weighted by molar-refractivity contribution is -0.384. The van der Waals surface area contributed by atoms with E-state index in [2.05, 4.69) is 25.7 Å². The van der Waals surface area contributed by atoms with E-state index < -0.39 is 0 Å². The molecule has 0 bridgehead atoms. The van der Waals surface area contributed by atoms with Gasteiger partial charge in [0, 0.05) is 35.8 Å². The summed E-state index contributed by atoms with van der Waals surface area (Å²) >= 11 is 0. The van der Waals surface area contributed by atoms with E-state index in [1.807, 2.05) is 36.5 Å². The summed E-state index contributed by atoms with van der Waals surface area (Å²) < 4.78 is 8.17. The molecule has 0 atom stereocenters. The quantitative estimate of drug-likeness (QED) is 0.173. The van der Waals surface area contributed by atoms with Crippen molar-refractivity contribution in [2.75, 3.05) is 27.7 Å². The van der Waals surface area contributed by atoms with Crippen LogP contribution < -0.4 is 4.48 Å². The van der Waals surface area contributed by atoms with Gasteiger partial charge in [0.1, 0.15) is 5.69 Å². The first-order valence-electron chi connectivity index (χ1n) is 10.0. The smallest absolute Gasteiger partial charge is 0.310 e. The van der Waals surface area contributed by atoms with Crippen molar-refractivity contribution in [2.24, 2.45) is 0 Å². The average molecular weight is 410 g/mol. The number of fused-ring (bicyclic) bond motifs is 1. The Morgan fingerprint density at radius 3 is 2.47 bits per heavy atom. The number of nitro benzene ring substituents is 1. The van der Waals surface area contributed by atoms with Gasteiger partial charge in [-0.2, -0.15) is 0 Å². The molecule has 3 rings (SSSR count). The van der Waals surface area contributed by atoms with Gasteiger partial charge in [0.05, 0.1) is 39.1 Å². The minimum atomic E-state index is -0.386. The van der Waals surface area contributed by atoms with Gasteiger partial charge in [-0.3, -0.25) is 19.4 Å². The fraction of sp³-hybridized carbons (Fsp3) is 0.348. The van der Waals surface area contributed by atoms with Gasteiger partial charge in [0.2, 0.25) is 0 Å². The standard InChI is InChI=1S/C23H28N3O4/c1-26(2,3)21-9-6-18(7-10-21)16-23(27)30-15-5-4-13-24-14-12-19-17-20(25(28)29)8-11-22(19)24/h6-12,14,17H,4-5,13,15-16H2,1-3H3/q+1. The van der Waals surface area contributed by atoms with E-state index in [0.29, 0.717) is 6.61 Å². The number of unbranched alkanes of at least 4 members (excludes halogenated alkanes) is 1. The van der Waals surface area contributed by atoms with Crippen LogP contribution >= 0.6 is 0 Å². The van der Waals surface area contributed by atoms with Gasteiger partial charge in [-0.05, 0) is 42.7 Å². The molecule has 0 unspecified atom stereocenters. The summed E-state index contributed by atoms with van der Waals surface area (Å²) in [4.78, 5) is 22.6. The van der Waals surface area contributed by atoms with Gasteiger partial charge in [-0.1, -0.05) is 12.1 Å². The number of hydrogen-bond donors (Lipinski definition) is 0. The maximum absolute atomic E-state index is 12.1. The van der Waals surface area contributed by atoms with Gasteiger partial charge in [0.15, 0.2) is 0 Å². The van der Waals surface area contributed by atoms with E-state index in [0.717, 1.165) is 40.3 Å². The fourth-order valence-corrected chi connectivity index (χ4v) is 3.35. The number of carbonyl (C=O) groups excluding carboxylic acids is 1. The molecule has 1 heterocycles. The molecule has 1 aromatic heterocycles. The second-order valence-electron chi connectivity index (χ2n) is 8.29. The van der Waals surface area contributed by atoms with Gasteiger partial charge in [0.25, 0.3) is 5.69 Å². The number of nitro groups is 1. The van der Waals surface area contributed by atoms with Crippen LogP contribution in [-0.4, -0.2) is 43.2 Å². The molecule has 7 heteroatoms. The van der Waals surface area contributed by atoms with Crippen molar-refractivity contribution in [3.63, 3.8) is 0 Å². The molecule has 0 saturated carbocycles. The Labute approximate surface area is 176 Å². The molecule has 0 aliphatic carbocycles. The topological polar surface area (TPSA) is 74.4 Å². The molecular weight excluding hydrogens is 382 g/mol. The lowest BCUT2D eigenvalue weighted by atomic mass is 10.1. The Bertz CT molecular complexity index is 1030. The molecule has 0 aliphatic rings. The zero-order chi connectivity index (χ0) is 21.7. The number of nitrogens with zero attached hydrogens (tertiary/aromatic N) is 3. The minimum Gasteiger partial charge on any atom is -0.465 e. The Kier molecular flexibility index (Phi) is 6.52. The lowest BCUT2D eigenvalue weighted by Crippen LogP contribution is -2.34. The van der Waals surface area contributed by atoms with Gasteiger partial charge in [-0.15, -0.1) is 0 Å². The molecule has 0 radical (unpaired) electrons. The Morgan fingerprint density at radius 2 is 1.80 bits per heavy atom. The van der Waals surface area contributed by atoms with E-state index in [4.69, 9.17) is 4.74 Å². The summed E-state index contributed by atoms with van der Waals surface area (Å²) in [6.45, 7) is 1.16. The summed E-state index contributed by atoms with van der Waals surface area (Å²) in [7, 11) is 6.30. The molecule has 0 saturated heterocycles. The third-order valence-corrected chi connectivity index (χ3v) is 5.08. The molecule has 7 nitrogen and oxygen atoms in total. The monoisotopic (exact) mass is 410 g/mol. The highest BCUT2D eigenvalue weighted by Crippen LogP contribution is 2.22. The summed E-state index contributed by atoms with van der Waals surface area (Å²) in [6.07, 6.45) is 3.82. The third-order valence-electron chi connectivity index (χ3n) is 5.08. The van der Waals surface area contributed by atoms with E-state index in [-0.39, 0.29) is 23.0 Å². The fourth-order valence-electron chi connectivity index (χ4n) is 3.35. The van der Waals surface area contributed by atoms with E-state index >= 15 is 0 Å². The van der Waals surface area contributed by atoms with E-state index in [1.165, 1.54) is 11.8 Å². The first kappa shape index (κ1) is 21.5. The highest BCUT2D eigenvalue weighted by atomic mass is 16.6. The predicted octanol–water partition coefficient (Wildman–Crippen LogP) is 4.31. The summed E-state index contributed by atoms with van der Waals surface area (Å²) in [5, 5.41) is 11.7. The number of benzene rings is 2. The van der Waals surface area contributed by atoms with Crippen LogP contribution in [0.4, 0.5) is 11.4 Å². The van der Waals surface area contributed by atoms with Crippen LogP contribution in [0.2, 0.25) is 0 Å². The van der Waals surface area contributed by atoms with Crippen LogP contribution in [0.3, 0.4) is 0 Å². The maximum atomic E-state index is 12.1. The Morgan fingerprint density at radius 1 is 1.07 bits per heavy atom. The van der Waals surface area contributed by atoms with Gasteiger partial charge >= 0.3 is 5.97 Å². The number of quaternary nitrogens is 1. The molecular formula is C23H28N3O4+. The number of aryl methyl sites for hydroxylation is 1. The maximum Gasteiger partial charge on any atom is 0.310 e. The summed E-state index contributed by atoms with van der Waals surface area (Å²) in [5.74, 6) is -0.216. The van der Waals surface area contributed by atoms with Crippen LogP contribution in [0, 0.1) is 10.1 Å². The van der Waals surface area contributed by atoms with Crippen molar-refractivity contribution in [1.29, 1.82) is 0 Å². The van der Waals surface area contributed by atoms with Crippen molar-refractivity contribution in [2.45, 2.75) is 25.8 Å². The van der Waals surface area contributed by atoms with Crippen molar-refractivity contribution in [1.82, 2.24) is 9.05 Å². The predicted molar refractivity (Wildman–Crippen MR) is 118 cm³/mol. The van der Waals surface area contributed by atoms with Gasteiger partial charge in [-0.25, -0.2) is 0 Å². The van der Waals surface area contributed by atoms with Crippen molar-refractivity contribution >= 4 is 28.2 Å². The first-order chi connectivity index (χ1) is 14.2. The van der Waals surface area contributed by atoms with Gasteiger partial charge < -0.3 is 9.30 Å². The van der Waals surface area contributed by atoms with E-state index in [1.54, 1.807) is 12.1 Å². The number of non-ortho nitro benzene ring substituents is 1. The zero-order valence-corrected chi connectivity index (χ0v) is 17.7. The highest BCUT2D eigenvalue weighted by Gasteiger charge is 2.12. The summed E-state index contributed by atoms with van der Waals surface area (Å²) in [6, 6.07) is 14.8. The third kappa shape index (κ3) is 5.45.